The Bertz CT molecular complexity index is 809. The number of para-hydroxylation sites is 1. The summed E-state index contributed by atoms with van der Waals surface area (Å²) in [5.74, 6) is 2.02. The van der Waals surface area contributed by atoms with Crippen LogP contribution in [0.15, 0.2) is 35.7 Å². The van der Waals surface area contributed by atoms with E-state index in [4.69, 9.17) is 10.5 Å². The van der Waals surface area contributed by atoms with Gasteiger partial charge in [-0.05, 0) is 49.3 Å². The molecule has 1 aromatic carbocycles. The van der Waals surface area contributed by atoms with E-state index in [0.717, 1.165) is 34.4 Å². The van der Waals surface area contributed by atoms with Gasteiger partial charge in [0.25, 0.3) is 0 Å². The second-order valence-corrected chi connectivity index (χ2v) is 6.49. The number of anilines is 1. The van der Waals surface area contributed by atoms with Crippen LogP contribution in [0.25, 0.3) is 21.6 Å². The molecule has 0 spiro atoms. The first-order valence-electron chi connectivity index (χ1n) is 7.58. The number of nitrogens with two attached hydrogens (primary N) is 1. The smallest absolute Gasteiger partial charge is 0.166 e. The van der Waals surface area contributed by atoms with Gasteiger partial charge in [-0.2, -0.15) is 0 Å². The molecule has 0 saturated heterocycles. The van der Waals surface area contributed by atoms with E-state index < -0.39 is 0 Å². The molecule has 2 N–H and O–H groups in total. The van der Waals surface area contributed by atoms with Crippen LogP contribution in [0.1, 0.15) is 25.7 Å². The van der Waals surface area contributed by atoms with E-state index in [1.165, 1.54) is 12.8 Å². The Balaban J connectivity index is 1.76. The maximum Gasteiger partial charge on any atom is 0.166 e. The third kappa shape index (κ3) is 2.41. The molecule has 112 valence electrons. The average molecular weight is 311 g/mol. The highest BCUT2D eigenvalue weighted by Gasteiger charge is 2.19. The van der Waals surface area contributed by atoms with Crippen LogP contribution < -0.4 is 10.5 Å². The Morgan fingerprint density at radius 3 is 2.77 bits per heavy atom. The van der Waals surface area contributed by atoms with E-state index in [0.29, 0.717) is 17.7 Å². The van der Waals surface area contributed by atoms with E-state index in [2.05, 4.69) is 9.97 Å². The zero-order valence-corrected chi connectivity index (χ0v) is 13.0. The molecule has 4 rings (SSSR count). The number of rotatable bonds is 3. The SMILES string of the molecule is Nc1nc(-c2ccccc2OC2CCCC2)nc2sccc12. The van der Waals surface area contributed by atoms with Crippen LogP contribution in [0.4, 0.5) is 5.82 Å². The molecule has 3 aromatic rings. The first-order chi connectivity index (χ1) is 10.8. The molecule has 1 aliphatic rings. The summed E-state index contributed by atoms with van der Waals surface area (Å²) in [6.45, 7) is 0. The minimum Gasteiger partial charge on any atom is -0.490 e. The van der Waals surface area contributed by atoms with Gasteiger partial charge in [0.1, 0.15) is 16.4 Å². The molecular weight excluding hydrogens is 294 g/mol. The van der Waals surface area contributed by atoms with Crippen LogP contribution in [-0.4, -0.2) is 16.1 Å². The first kappa shape index (κ1) is 13.5. The van der Waals surface area contributed by atoms with Crippen molar-refractivity contribution in [3.05, 3.63) is 35.7 Å². The lowest BCUT2D eigenvalue weighted by Gasteiger charge is -2.16. The van der Waals surface area contributed by atoms with Crippen LogP contribution >= 0.6 is 11.3 Å². The van der Waals surface area contributed by atoms with E-state index >= 15 is 0 Å². The van der Waals surface area contributed by atoms with Gasteiger partial charge < -0.3 is 10.5 Å². The lowest BCUT2D eigenvalue weighted by molar-refractivity contribution is 0.211. The normalized spacial score (nSPS) is 15.5. The second kappa shape index (κ2) is 5.57. The predicted molar refractivity (Wildman–Crippen MR) is 90.1 cm³/mol. The summed E-state index contributed by atoms with van der Waals surface area (Å²) in [6.07, 6.45) is 5.06. The fourth-order valence-electron chi connectivity index (χ4n) is 2.94. The number of hydrogen-bond acceptors (Lipinski definition) is 5. The summed E-state index contributed by atoms with van der Waals surface area (Å²) < 4.78 is 6.18. The maximum absolute atomic E-state index is 6.18. The number of ether oxygens (including phenoxy) is 1. The van der Waals surface area contributed by atoms with Crippen molar-refractivity contribution in [2.24, 2.45) is 0 Å². The summed E-state index contributed by atoms with van der Waals surface area (Å²) in [6, 6.07) is 9.92. The van der Waals surface area contributed by atoms with Gasteiger partial charge in [0.05, 0.1) is 17.1 Å². The molecule has 0 unspecified atom stereocenters. The number of thiophene rings is 1. The quantitative estimate of drug-likeness (QED) is 0.785. The largest absolute Gasteiger partial charge is 0.490 e. The number of fused-ring (bicyclic) bond motifs is 1. The third-order valence-corrected chi connectivity index (χ3v) is 4.88. The maximum atomic E-state index is 6.18. The highest BCUT2D eigenvalue weighted by atomic mass is 32.1. The molecule has 1 aliphatic carbocycles. The molecule has 0 bridgehead atoms. The third-order valence-electron chi connectivity index (χ3n) is 4.08. The van der Waals surface area contributed by atoms with E-state index in [1.54, 1.807) is 11.3 Å². The second-order valence-electron chi connectivity index (χ2n) is 5.59. The molecule has 2 heterocycles. The van der Waals surface area contributed by atoms with Gasteiger partial charge >= 0.3 is 0 Å². The number of hydrogen-bond donors (Lipinski definition) is 1. The van der Waals surface area contributed by atoms with Gasteiger partial charge in [-0.15, -0.1) is 11.3 Å². The van der Waals surface area contributed by atoms with Crippen molar-refractivity contribution in [1.82, 2.24) is 9.97 Å². The lowest BCUT2D eigenvalue weighted by Crippen LogP contribution is -2.11. The molecule has 4 nitrogen and oxygen atoms in total. The summed E-state index contributed by atoms with van der Waals surface area (Å²) >= 11 is 1.58. The van der Waals surface area contributed by atoms with Crippen molar-refractivity contribution >= 4 is 27.4 Å². The molecule has 1 fully saturated rings. The highest BCUT2D eigenvalue weighted by molar-refractivity contribution is 7.16. The average Bonchev–Trinajstić information content (AvgIpc) is 3.19. The summed E-state index contributed by atoms with van der Waals surface area (Å²) in [5.41, 5.74) is 6.98. The summed E-state index contributed by atoms with van der Waals surface area (Å²) in [7, 11) is 0. The van der Waals surface area contributed by atoms with E-state index in [-0.39, 0.29) is 0 Å². The minimum absolute atomic E-state index is 0.309. The Kier molecular flexibility index (Phi) is 3.42. The van der Waals surface area contributed by atoms with Crippen molar-refractivity contribution in [3.63, 3.8) is 0 Å². The van der Waals surface area contributed by atoms with E-state index in [1.807, 2.05) is 35.7 Å². The van der Waals surface area contributed by atoms with Crippen molar-refractivity contribution in [3.8, 4) is 17.1 Å². The predicted octanol–water partition coefficient (Wildman–Crippen LogP) is 4.26. The standard InChI is InChI=1S/C17H17N3OS/c18-15-13-9-10-22-17(13)20-16(19-15)12-7-3-4-8-14(12)21-11-5-1-2-6-11/h3-4,7-11H,1-2,5-6H2,(H2,18,19,20). The van der Waals surface area contributed by atoms with Crippen LogP contribution in [0, 0.1) is 0 Å². The van der Waals surface area contributed by atoms with Gasteiger partial charge in [0.15, 0.2) is 5.82 Å². The van der Waals surface area contributed by atoms with Crippen molar-refractivity contribution in [1.29, 1.82) is 0 Å². The Hall–Kier alpha value is -2.14. The summed E-state index contributed by atoms with van der Waals surface area (Å²) in [4.78, 5) is 10.0. The van der Waals surface area contributed by atoms with Crippen molar-refractivity contribution in [2.45, 2.75) is 31.8 Å². The van der Waals surface area contributed by atoms with Gasteiger partial charge in [-0.1, -0.05) is 12.1 Å². The summed E-state index contributed by atoms with van der Waals surface area (Å²) in [5, 5.41) is 2.91. The topological polar surface area (TPSA) is 61.0 Å². The Morgan fingerprint density at radius 1 is 1.09 bits per heavy atom. The molecule has 0 amide bonds. The highest BCUT2D eigenvalue weighted by Crippen LogP contribution is 2.33. The molecule has 2 aromatic heterocycles. The fourth-order valence-corrected chi connectivity index (χ4v) is 3.71. The molecule has 5 heteroatoms. The Morgan fingerprint density at radius 2 is 1.91 bits per heavy atom. The minimum atomic E-state index is 0.309. The van der Waals surface area contributed by atoms with Gasteiger partial charge in [0, 0.05) is 0 Å². The van der Waals surface area contributed by atoms with Crippen molar-refractivity contribution in [2.75, 3.05) is 5.73 Å². The van der Waals surface area contributed by atoms with E-state index in [9.17, 15) is 0 Å². The number of benzene rings is 1. The fraction of sp³-hybridized carbons (Fsp3) is 0.294. The van der Waals surface area contributed by atoms with Crippen LogP contribution in [0.5, 0.6) is 5.75 Å². The van der Waals surface area contributed by atoms with Crippen molar-refractivity contribution < 1.29 is 4.74 Å². The van der Waals surface area contributed by atoms with Crippen LogP contribution in [0.2, 0.25) is 0 Å². The molecule has 0 atom stereocenters. The first-order valence-corrected chi connectivity index (χ1v) is 8.46. The molecule has 0 radical (unpaired) electrons. The zero-order chi connectivity index (χ0) is 14.9. The van der Waals surface area contributed by atoms with Gasteiger partial charge in [-0.3, -0.25) is 0 Å². The molecule has 1 saturated carbocycles. The molecular formula is C17H17N3OS. The number of nitrogens with zero attached hydrogens (tertiary/aromatic N) is 2. The molecule has 0 aliphatic heterocycles. The van der Waals surface area contributed by atoms with Gasteiger partial charge in [0.2, 0.25) is 0 Å². The molecule has 22 heavy (non-hydrogen) atoms. The number of nitrogen functional groups attached to an aromatic ring is 1. The lowest BCUT2D eigenvalue weighted by atomic mass is 10.1. The van der Waals surface area contributed by atoms with Crippen LogP contribution in [-0.2, 0) is 0 Å². The van der Waals surface area contributed by atoms with Gasteiger partial charge in [-0.25, -0.2) is 9.97 Å². The monoisotopic (exact) mass is 311 g/mol. The Labute approximate surface area is 133 Å². The zero-order valence-electron chi connectivity index (χ0n) is 12.2. The van der Waals surface area contributed by atoms with Crippen LogP contribution in [0.3, 0.4) is 0 Å². The number of aromatic nitrogens is 2.